The lowest BCUT2D eigenvalue weighted by molar-refractivity contribution is -0.137. The van der Waals surface area contributed by atoms with E-state index in [2.05, 4.69) is 23.7 Å². The molecule has 2 unspecified atom stereocenters. The molecule has 2 aromatic rings. The van der Waals surface area contributed by atoms with E-state index in [9.17, 15) is 18.0 Å². The minimum atomic E-state index is -4.36. The number of carbonyl (C=O) groups excluding carboxylic acids is 1. The number of carbonyl (C=O) groups is 1. The predicted octanol–water partition coefficient (Wildman–Crippen LogP) is 4.72. The second-order valence-corrected chi connectivity index (χ2v) is 10.1. The predicted molar refractivity (Wildman–Crippen MR) is 122 cm³/mol. The minimum absolute atomic E-state index is 0.0614. The lowest BCUT2D eigenvalue weighted by Crippen LogP contribution is -2.48. The number of aromatic nitrogens is 1. The molecule has 0 aliphatic carbocycles. The van der Waals surface area contributed by atoms with E-state index < -0.39 is 11.7 Å². The molecule has 2 aliphatic heterocycles. The zero-order valence-corrected chi connectivity index (χ0v) is 19.8. The Morgan fingerprint density at radius 2 is 1.76 bits per heavy atom. The summed E-state index contributed by atoms with van der Waals surface area (Å²) in [6.07, 6.45) is -1.60. The summed E-state index contributed by atoms with van der Waals surface area (Å²) in [5.41, 5.74) is 0.608. The van der Waals surface area contributed by atoms with Crippen LogP contribution in [0.4, 0.5) is 13.2 Å². The molecule has 3 heterocycles. The molecule has 0 radical (unpaired) electrons. The highest BCUT2D eigenvalue weighted by atomic mass is 32.1. The van der Waals surface area contributed by atoms with Gasteiger partial charge in [-0.15, -0.1) is 11.3 Å². The molecule has 9 heteroatoms. The number of nitrogens with zero attached hydrogens (tertiary/aromatic N) is 3. The quantitative estimate of drug-likeness (QED) is 0.620. The Bertz CT molecular complexity index is 929. The number of likely N-dealkylation sites (tertiary alicyclic amines) is 1. The lowest BCUT2D eigenvalue weighted by Gasteiger charge is -2.39. The van der Waals surface area contributed by atoms with Crippen LogP contribution in [-0.4, -0.2) is 65.6 Å². The van der Waals surface area contributed by atoms with Crippen molar-refractivity contribution >= 4 is 17.2 Å². The number of alkyl halides is 3. The fourth-order valence-corrected chi connectivity index (χ4v) is 5.58. The number of morpholine rings is 1. The SMILES string of the molecule is CC1CN(CC2CCN(C(=O)Cc3csc(-c4ccc(C(F)(F)F)cc4)n3)CC2)CC(C)O1. The third-order valence-electron chi connectivity index (χ3n) is 6.32. The van der Waals surface area contributed by atoms with Crippen LogP contribution < -0.4 is 0 Å². The van der Waals surface area contributed by atoms with Gasteiger partial charge in [0.1, 0.15) is 5.01 Å². The van der Waals surface area contributed by atoms with Gasteiger partial charge in [-0.2, -0.15) is 13.2 Å². The summed E-state index contributed by atoms with van der Waals surface area (Å²) in [6, 6.07) is 4.97. The molecule has 0 saturated carbocycles. The van der Waals surface area contributed by atoms with E-state index in [-0.39, 0.29) is 24.5 Å². The first-order valence-corrected chi connectivity index (χ1v) is 12.3. The summed E-state index contributed by atoms with van der Waals surface area (Å²) < 4.78 is 44.1. The second-order valence-electron chi connectivity index (χ2n) is 9.20. The largest absolute Gasteiger partial charge is 0.416 e. The van der Waals surface area contributed by atoms with Crippen LogP contribution in [0.15, 0.2) is 29.6 Å². The van der Waals surface area contributed by atoms with Crippen LogP contribution in [-0.2, 0) is 22.1 Å². The van der Waals surface area contributed by atoms with E-state index in [0.717, 1.165) is 57.7 Å². The summed E-state index contributed by atoms with van der Waals surface area (Å²) in [5.74, 6) is 0.656. The van der Waals surface area contributed by atoms with E-state index in [0.29, 0.717) is 22.2 Å². The maximum absolute atomic E-state index is 12.8. The van der Waals surface area contributed by atoms with Gasteiger partial charge in [0.25, 0.3) is 0 Å². The summed E-state index contributed by atoms with van der Waals surface area (Å²) in [6.45, 7) is 8.74. The Labute approximate surface area is 196 Å². The van der Waals surface area contributed by atoms with Crippen molar-refractivity contribution < 1.29 is 22.7 Å². The molecule has 1 aromatic carbocycles. The molecule has 0 spiro atoms. The molecule has 2 aliphatic rings. The molecular formula is C24H30F3N3O2S. The number of halogens is 3. The van der Waals surface area contributed by atoms with Gasteiger partial charge in [0.2, 0.25) is 5.91 Å². The number of piperidine rings is 1. The number of ether oxygens (including phenoxy) is 1. The molecule has 33 heavy (non-hydrogen) atoms. The van der Waals surface area contributed by atoms with Crippen LogP contribution in [0.1, 0.15) is 37.9 Å². The van der Waals surface area contributed by atoms with Crippen molar-refractivity contribution in [1.29, 1.82) is 0 Å². The highest BCUT2D eigenvalue weighted by molar-refractivity contribution is 7.13. The van der Waals surface area contributed by atoms with Crippen molar-refractivity contribution in [2.45, 2.75) is 51.5 Å². The van der Waals surface area contributed by atoms with Crippen molar-refractivity contribution in [2.75, 3.05) is 32.7 Å². The van der Waals surface area contributed by atoms with Crippen LogP contribution >= 0.6 is 11.3 Å². The number of benzene rings is 1. The molecule has 1 aromatic heterocycles. The highest BCUT2D eigenvalue weighted by Gasteiger charge is 2.30. The fourth-order valence-electron chi connectivity index (χ4n) is 4.75. The highest BCUT2D eigenvalue weighted by Crippen LogP contribution is 2.32. The normalized spacial score (nSPS) is 23.1. The van der Waals surface area contributed by atoms with Gasteiger partial charge in [-0.3, -0.25) is 9.69 Å². The summed E-state index contributed by atoms with van der Waals surface area (Å²) >= 11 is 1.35. The van der Waals surface area contributed by atoms with Gasteiger partial charge >= 0.3 is 6.18 Å². The van der Waals surface area contributed by atoms with Gasteiger partial charge in [-0.25, -0.2) is 4.98 Å². The number of hydrogen-bond acceptors (Lipinski definition) is 5. The van der Waals surface area contributed by atoms with Crippen molar-refractivity contribution in [2.24, 2.45) is 5.92 Å². The molecule has 4 rings (SSSR count). The van der Waals surface area contributed by atoms with E-state index in [4.69, 9.17) is 4.74 Å². The molecule has 2 atom stereocenters. The van der Waals surface area contributed by atoms with Gasteiger partial charge in [-0.1, -0.05) is 12.1 Å². The van der Waals surface area contributed by atoms with Crippen molar-refractivity contribution in [3.63, 3.8) is 0 Å². The fraction of sp³-hybridized carbons (Fsp3) is 0.583. The number of rotatable bonds is 5. The molecule has 0 N–H and O–H groups in total. The monoisotopic (exact) mass is 481 g/mol. The zero-order chi connectivity index (χ0) is 23.6. The van der Waals surface area contributed by atoms with Crippen molar-refractivity contribution in [3.05, 3.63) is 40.9 Å². The molecule has 2 fully saturated rings. The maximum Gasteiger partial charge on any atom is 0.416 e. The molecular weight excluding hydrogens is 451 g/mol. The molecule has 180 valence electrons. The summed E-state index contributed by atoms with van der Waals surface area (Å²) in [4.78, 5) is 21.7. The lowest BCUT2D eigenvalue weighted by atomic mass is 9.95. The number of amides is 1. The Kier molecular flexibility index (Phi) is 7.40. The molecule has 1 amide bonds. The minimum Gasteiger partial charge on any atom is -0.373 e. The number of hydrogen-bond donors (Lipinski definition) is 0. The van der Waals surface area contributed by atoms with E-state index in [1.807, 2.05) is 10.3 Å². The van der Waals surface area contributed by atoms with Gasteiger partial charge in [0.05, 0.1) is 29.9 Å². The van der Waals surface area contributed by atoms with Crippen molar-refractivity contribution in [1.82, 2.24) is 14.8 Å². The van der Waals surface area contributed by atoms with Crippen LogP contribution in [0.25, 0.3) is 10.6 Å². The van der Waals surface area contributed by atoms with E-state index in [1.165, 1.54) is 23.5 Å². The smallest absolute Gasteiger partial charge is 0.373 e. The van der Waals surface area contributed by atoms with E-state index in [1.54, 1.807) is 0 Å². The second kappa shape index (κ2) is 10.1. The standard InChI is InChI=1S/C24H30F3N3O2S/c1-16-12-29(13-17(2)32-16)14-18-7-9-30(10-8-18)22(31)11-21-15-33-23(28-21)19-3-5-20(6-4-19)24(25,26)27/h3-6,15-18H,7-14H2,1-2H3. The topological polar surface area (TPSA) is 45.7 Å². The van der Waals surface area contributed by atoms with Crippen LogP contribution in [0, 0.1) is 5.92 Å². The Morgan fingerprint density at radius 3 is 2.36 bits per heavy atom. The van der Waals surface area contributed by atoms with Gasteiger partial charge in [0, 0.05) is 43.7 Å². The van der Waals surface area contributed by atoms with Crippen LogP contribution in [0.5, 0.6) is 0 Å². The Balaban J connectivity index is 1.26. The van der Waals surface area contributed by atoms with Gasteiger partial charge in [-0.05, 0) is 44.7 Å². The first-order chi connectivity index (χ1) is 15.7. The average Bonchev–Trinajstić information content (AvgIpc) is 3.21. The van der Waals surface area contributed by atoms with Crippen molar-refractivity contribution in [3.8, 4) is 10.6 Å². The molecule has 2 saturated heterocycles. The van der Waals surface area contributed by atoms with E-state index >= 15 is 0 Å². The first-order valence-electron chi connectivity index (χ1n) is 11.4. The Morgan fingerprint density at radius 1 is 1.12 bits per heavy atom. The third kappa shape index (κ3) is 6.33. The van der Waals surface area contributed by atoms with Crippen LogP contribution in [0.3, 0.4) is 0 Å². The number of thiazole rings is 1. The third-order valence-corrected chi connectivity index (χ3v) is 7.26. The van der Waals surface area contributed by atoms with Gasteiger partial charge < -0.3 is 9.64 Å². The van der Waals surface area contributed by atoms with Crippen LogP contribution in [0.2, 0.25) is 0 Å². The summed E-state index contributed by atoms with van der Waals surface area (Å²) in [5, 5.41) is 2.44. The maximum atomic E-state index is 12.8. The zero-order valence-electron chi connectivity index (χ0n) is 19.0. The van der Waals surface area contributed by atoms with Gasteiger partial charge in [0.15, 0.2) is 0 Å². The molecule has 0 bridgehead atoms. The first kappa shape index (κ1) is 24.2. The molecule has 5 nitrogen and oxygen atoms in total. The Hall–Kier alpha value is -1.97. The summed E-state index contributed by atoms with van der Waals surface area (Å²) in [7, 11) is 0. The average molecular weight is 482 g/mol.